The Bertz CT molecular complexity index is 680. The van der Waals surface area contributed by atoms with Crippen molar-refractivity contribution in [2.24, 2.45) is 0 Å². The highest BCUT2D eigenvalue weighted by Crippen LogP contribution is 2.23. The van der Waals surface area contributed by atoms with Gasteiger partial charge in [-0.25, -0.2) is 9.37 Å². The summed E-state index contributed by atoms with van der Waals surface area (Å²) in [6.45, 7) is 5.82. The van der Waals surface area contributed by atoms with Crippen LogP contribution in [0.1, 0.15) is 31.0 Å². The van der Waals surface area contributed by atoms with Crippen molar-refractivity contribution in [3.63, 3.8) is 0 Å². The number of nitrogens with one attached hydrogen (secondary N) is 1. The van der Waals surface area contributed by atoms with Crippen LogP contribution >= 0.6 is 22.6 Å². The van der Waals surface area contributed by atoms with Crippen LogP contribution in [-0.4, -0.2) is 9.97 Å². The topological polar surface area (TPSA) is 45.8 Å². The molecule has 5 heteroatoms. The van der Waals surface area contributed by atoms with Crippen molar-refractivity contribution in [2.75, 3.05) is 0 Å². The molecular weight excluding hydrogens is 358 g/mol. The predicted octanol–water partition coefficient (Wildman–Crippen LogP) is 3.61. The molecule has 0 atom stereocenters. The number of rotatable bonds is 2. The molecule has 0 fully saturated rings. The van der Waals surface area contributed by atoms with E-state index in [2.05, 4.69) is 9.97 Å². The lowest BCUT2D eigenvalue weighted by molar-refractivity contribution is 0.627. The van der Waals surface area contributed by atoms with Crippen LogP contribution in [0.5, 0.6) is 0 Å². The third-order valence-electron chi connectivity index (χ3n) is 2.89. The predicted molar refractivity (Wildman–Crippen MR) is 81.8 cm³/mol. The molecule has 2 rings (SSSR count). The third-order valence-corrected chi connectivity index (χ3v) is 3.93. The fourth-order valence-corrected chi connectivity index (χ4v) is 2.71. The first-order valence-electron chi connectivity index (χ1n) is 5.96. The van der Waals surface area contributed by atoms with E-state index in [1.165, 1.54) is 12.1 Å². The molecule has 0 amide bonds. The summed E-state index contributed by atoms with van der Waals surface area (Å²) in [5.41, 5.74) is 2.05. The zero-order valence-electron chi connectivity index (χ0n) is 10.9. The molecule has 1 aromatic carbocycles. The van der Waals surface area contributed by atoms with Crippen LogP contribution in [0, 0.1) is 16.3 Å². The summed E-state index contributed by atoms with van der Waals surface area (Å²) >= 11 is 1.99. The van der Waals surface area contributed by atoms with E-state index >= 15 is 0 Å². The molecule has 0 aliphatic rings. The maximum Gasteiger partial charge on any atom is 0.264 e. The van der Waals surface area contributed by atoms with Gasteiger partial charge in [-0.15, -0.1) is 0 Å². The van der Waals surface area contributed by atoms with Gasteiger partial charge in [0.1, 0.15) is 11.6 Å². The Balaban J connectivity index is 2.70. The molecule has 1 aromatic heterocycles. The van der Waals surface area contributed by atoms with E-state index < -0.39 is 0 Å². The molecule has 100 valence electrons. The molecule has 19 heavy (non-hydrogen) atoms. The van der Waals surface area contributed by atoms with Gasteiger partial charge in [0.15, 0.2) is 0 Å². The third kappa shape index (κ3) is 2.86. The first kappa shape index (κ1) is 14.2. The molecule has 0 bridgehead atoms. The second-order valence-electron chi connectivity index (χ2n) is 4.73. The monoisotopic (exact) mass is 372 g/mol. The van der Waals surface area contributed by atoms with Gasteiger partial charge in [-0.2, -0.15) is 0 Å². The highest BCUT2D eigenvalue weighted by atomic mass is 127. The summed E-state index contributed by atoms with van der Waals surface area (Å²) in [4.78, 5) is 19.1. The van der Waals surface area contributed by atoms with Crippen LogP contribution in [0.3, 0.4) is 0 Å². The molecule has 0 unspecified atom stereocenters. The molecule has 1 N–H and O–H groups in total. The first-order valence-corrected chi connectivity index (χ1v) is 7.04. The Labute approximate surface area is 124 Å². The van der Waals surface area contributed by atoms with E-state index in [1.54, 1.807) is 6.07 Å². The number of aryl methyl sites for hydroxylation is 1. The SMILES string of the molecule is Cc1ccc(F)cc1-c1nc(C(C)C)c(I)c(=O)[nH]1. The Morgan fingerprint density at radius 2 is 2.05 bits per heavy atom. The molecule has 0 spiro atoms. The largest absolute Gasteiger partial charge is 0.306 e. The number of hydrogen-bond acceptors (Lipinski definition) is 2. The summed E-state index contributed by atoms with van der Waals surface area (Å²) in [6, 6.07) is 4.47. The normalized spacial score (nSPS) is 11.1. The summed E-state index contributed by atoms with van der Waals surface area (Å²) in [5, 5.41) is 0. The fraction of sp³-hybridized carbons (Fsp3) is 0.286. The lowest BCUT2D eigenvalue weighted by atomic mass is 10.1. The standard InChI is InChI=1S/C14H14FIN2O/c1-7(2)12-11(16)14(19)18-13(17-12)10-6-9(15)5-4-8(10)3/h4-7H,1-3H3,(H,17,18,19). The van der Waals surface area contributed by atoms with Crippen molar-refractivity contribution in [1.82, 2.24) is 9.97 Å². The van der Waals surface area contributed by atoms with Gasteiger partial charge in [0.05, 0.1) is 9.26 Å². The maximum absolute atomic E-state index is 13.4. The maximum atomic E-state index is 13.4. The number of benzene rings is 1. The van der Waals surface area contributed by atoms with Gasteiger partial charge in [-0.1, -0.05) is 19.9 Å². The van der Waals surface area contributed by atoms with Gasteiger partial charge in [0, 0.05) is 5.56 Å². The minimum absolute atomic E-state index is 0.141. The molecule has 0 radical (unpaired) electrons. The number of H-pyrrole nitrogens is 1. The van der Waals surface area contributed by atoms with Crippen molar-refractivity contribution in [3.05, 3.63) is 49.2 Å². The smallest absolute Gasteiger partial charge is 0.264 e. The molecule has 2 aromatic rings. The van der Waals surface area contributed by atoms with Crippen LogP contribution in [0.25, 0.3) is 11.4 Å². The van der Waals surface area contributed by atoms with Crippen LogP contribution in [0.4, 0.5) is 4.39 Å². The van der Waals surface area contributed by atoms with Gasteiger partial charge in [-0.05, 0) is 53.1 Å². The van der Waals surface area contributed by atoms with Crippen molar-refractivity contribution in [3.8, 4) is 11.4 Å². The molecule has 0 aliphatic heterocycles. The zero-order valence-corrected chi connectivity index (χ0v) is 13.1. The minimum atomic E-state index is -0.340. The lowest BCUT2D eigenvalue weighted by Crippen LogP contribution is -2.17. The van der Waals surface area contributed by atoms with E-state index in [0.717, 1.165) is 11.3 Å². The summed E-state index contributed by atoms with van der Waals surface area (Å²) in [6.07, 6.45) is 0. The Hall–Kier alpha value is -1.24. The quantitative estimate of drug-likeness (QED) is 0.819. The molecular formula is C14H14FIN2O. The van der Waals surface area contributed by atoms with Gasteiger partial charge in [-0.3, -0.25) is 4.79 Å². The highest BCUT2D eigenvalue weighted by Gasteiger charge is 2.14. The van der Waals surface area contributed by atoms with E-state index in [0.29, 0.717) is 15.0 Å². The molecule has 1 heterocycles. The van der Waals surface area contributed by atoms with Crippen molar-refractivity contribution < 1.29 is 4.39 Å². The molecule has 0 saturated heterocycles. The van der Waals surface area contributed by atoms with Crippen LogP contribution in [0.2, 0.25) is 0 Å². The first-order chi connectivity index (χ1) is 8.90. The van der Waals surface area contributed by atoms with E-state index in [4.69, 9.17) is 0 Å². The van der Waals surface area contributed by atoms with Crippen molar-refractivity contribution in [2.45, 2.75) is 26.7 Å². The second kappa shape index (κ2) is 5.40. The average Bonchev–Trinajstić information content (AvgIpc) is 2.35. The van der Waals surface area contributed by atoms with Gasteiger partial charge in [0.25, 0.3) is 5.56 Å². The Kier molecular flexibility index (Phi) is 4.03. The van der Waals surface area contributed by atoms with Crippen molar-refractivity contribution in [1.29, 1.82) is 0 Å². The lowest BCUT2D eigenvalue weighted by Gasteiger charge is -2.11. The Morgan fingerprint density at radius 3 is 2.68 bits per heavy atom. The number of nitrogens with zero attached hydrogens (tertiary/aromatic N) is 1. The Morgan fingerprint density at radius 1 is 1.37 bits per heavy atom. The second-order valence-corrected chi connectivity index (χ2v) is 5.81. The highest BCUT2D eigenvalue weighted by molar-refractivity contribution is 14.1. The average molecular weight is 372 g/mol. The number of hydrogen-bond donors (Lipinski definition) is 1. The van der Waals surface area contributed by atoms with Gasteiger partial charge >= 0.3 is 0 Å². The molecule has 0 aliphatic carbocycles. The van der Waals surface area contributed by atoms with Crippen LogP contribution < -0.4 is 5.56 Å². The molecule has 0 saturated carbocycles. The minimum Gasteiger partial charge on any atom is -0.306 e. The molecule has 3 nitrogen and oxygen atoms in total. The number of halogens is 2. The van der Waals surface area contributed by atoms with Crippen molar-refractivity contribution >= 4 is 22.6 Å². The van der Waals surface area contributed by atoms with Gasteiger partial charge < -0.3 is 4.98 Å². The van der Waals surface area contributed by atoms with E-state index in [9.17, 15) is 9.18 Å². The number of aromatic amines is 1. The summed E-state index contributed by atoms with van der Waals surface area (Å²) in [7, 11) is 0. The fourth-order valence-electron chi connectivity index (χ4n) is 1.84. The van der Waals surface area contributed by atoms with Crippen LogP contribution in [-0.2, 0) is 0 Å². The van der Waals surface area contributed by atoms with E-state index in [-0.39, 0.29) is 17.3 Å². The number of aromatic nitrogens is 2. The summed E-state index contributed by atoms with van der Waals surface area (Å²) < 4.78 is 13.9. The summed E-state index contributed by atoms with van der Waals surface area (Å²) in [5.74, 6) is 0.223. The van der Waals surface area contributed by atoms with Crippen LogP contribution in [0.15, 0.2) is 23.0 Å². The zero-order chi connectivity index (χ0) is 14.2. The van der Waals surface area contributed by atoms with E-state index in [1.807, 2.05) is 43.4 Å². The van der Waals surface area contributed by atoms with Gasteiger partial charge in [0.2, 0.25) is 0 Å².